The van der Waals surface area contributed by atoms with Crippen LogP contribution in [0.1, 0.15) is 26.7 Å². The van der Waals surface area contributed by atoms with Gasteiger partial charge in [-0.15, -0.1) is 0 Å². The van der Waals surface area contributed by atoms with Crippen LogP contribution in [-0.4, -0.2) is 31.1 Å². The predicted molar refractivity (Wildman–Crippen MR) is 46.1 cm³/mol. The minimum Gasteiger partial charge on any atom is -0.327 e. The van der Waals surface area contributed by atoms with Gasteiger partial charge in [-0.1, -0.05) is 13.3 Å². The highest BCUT2D eigenvalue weighted by atomic mass is 15.1. The number of nitrogens with zero attached hydrogens (tertiary/aromatic N) is 1. The molecule has 0 rings (SSSR count). The fourth-order valence-corrected chi connectivity index (χ4v) is 1.01. The maximum atomic E-state index is 5.62. The summed E-state index contributed by atoms with van der Waals surface area (Å²) in [6, 6.07) is 0.307. The standard InChI is InChI=1S/C8H20N2/c1-4-5-6-10(3)7-8(2)9/h8H,4-7,9H2,1-3H3/t8-/m1/s1. The van der Waals surface area contributed by atoms with Crippen LogP contribution < -0.4 is 5.73 Å². The number of likely N-dealkylation sites (N-methyl/N-ethyl adjacent to an activating group) is 1. The van der Waals surface area contributed by atoms with Crippen molar-refractivity contribution in [2.45, 2.75) is 32.7 Å². The molecule has 0 aromatic carbocycles. The molecule has 0 saturated carbocycles. The van der Waals surface area contributed by atoms with Crippen LogP contribution in [0.5, 0.6) is 0 Å². The monoisotopic (exact) mass is 144 g/mol. The van der Waals surface area contributed by atoms with Gasteiger partial charge in [0.15, 0.2) is 0 Å². The van der Waals surface area contributed by atoms with Crippen molar-refractivity contribution in [2.75, 3.05) is 20.1 Å². The first-order valence-corrected chi connectivity index (χ1v) is 4.11. The van der Waals surface area contributed by atoms with Gasteiger partial charge in [0.2, 0.25) is 0 Å². The van der Waals surface area contributed by atoms with Gasteiger partial charge in [0.05, 0.1) is 0 Å². The smallest absolute Gasteiger partial charge is 0.0139 e. The highest BCUT2D eigenvalue weighted by Crippen LogP contribution is 1.91. The van der Waals surface area contributed by atoms with Crippen molar-refractivity contribution < 1.29 is 0 Å². The number of rotatable bonds is 5. The molecule has 0 spiro atoms. The van der Waals surface area contributed by atoms with E-state index in [0.29, 0.717) is 6.04 Å². The molecule has 2 nitrogen and oxygen atoms in total. The molecule has 0 fully saturated rings. The van der Waals surface area contributed by atoms with Crippen LogP contribution in [0.25, 0.3) is 0 Å². The van der Waals surface area contributed by atoms with Crippen molar-refractivity contribution in [1.82, 2.24) is 4.90 Å². The van der Waals surface area contributed by atoms with E-state index >= 15 is 0 Å². The van der Waals surface area contributed by atoms with Crippen LogP contribution in [0.2, 0.25) is 0 Å². The summed E-state index contributed by atoms with van der Waals surface area (Å²) in [4.78, 5) is 2.29. The molecule has 0 amide bonds. The zero-order chi connectivity index (χ0) is 7.98. The van der Waals surface area contributed by atoms with Crippen LogP contribution in [0.15, 0.2) is 0 Å². The highest BCUT2D eigenvalue weighted by molar-refractivity contribution is 4.59. The molecular formula is C8H20N2. The lowest BCUT2D eigenvalue weighted by atomic mass is 10.3. The van der Waals surface area contributed by atoms with E-state index in [1.165, 1.54) is 19.4 Å². The third-order valence-corrected chi connectivity index (χ3v) is 1.49. The molecule has 0 aliphatic heterocycles. The Balaban J connectivity index is 3.16. The largest absolute Gasteiger partial charge is 0.327 e. The van der Waals surface area contributed by atoms with E-state index < -0.39 is 0 Å². The van der Waals surface area contributed by atoms with Gasteiger partial charge in [-0.25, -0.2) is 0 Å². The molecule has 0 aromatic rings. The normalized spacial score (nSPS) is 14.1. The Morgan fingerprint density at radius 2 is 2.10 bits per heavy atom. The minimum atomic E-state index is 0.307. The van der Waals surface area contributed by atoms with E-state index in [0.717, 1.165) is 6.54 Å². The molecular weight excluding hydrogens is 124 g/mol. The second-order valence-corrected chi connectivity index (χ2v) is 3.09. The molecule has 62 valence electrons. The highest BCUT2D eigenvalue weighted by Gasteiger charge is 1.99. The second kappa shape index (κ2) is 5.69. The van der Waals surface area contributed by atoms with E-state index in [-0.39, 0.29) is 0 Å². The fourth-order valence-electron chi connectivity index (χ4n) is 1.01. The van der Waals surface area contributed by atoms with Crippen molar-refractivity contribution in [1.29, 1.82) is 0 Å². The van der Waals surface area contributed by atoms with Crippen LogP contribution in [0.3, 0.4) is 0 Å². The van der Waals surface area contributed by atoms with Crippen molar-refractivity contribution in [3.63, 3.8) is 0 Å². The molecule has 2 N–H and O–H groups in total. The lowest BCUT2D eigenvalue weighted by molar-refractivity contribution is 0.312. The van der Waals surface area contributed by atoms with Gasteiger partial charge in [-0.05, 0) is 26.9 Å². The van der Waals surface area contributed by atoms with E-state index in [1.807, 2.05) is 6.92 Å². The Hall–Kier alpha value is -0.0800. The summed E-state index contributed by atoms with van der Waals surface area (Å²) in [5, 5.41) is 0. The molecule has 2 heteroatoms. The first-order valence-electron chi connectivity index (χ1n) is 4.11. The Kier molecular flexibility index (Phi) is 5.64. The second-order valence-electron chi connectivity index (χ2n) is 3.09. The molecule has 0 heterocycles. The van der Waals surface area contributed by atoms with Crippen molar-refractivity contribution in [2.24, 2.45) is 5.73 Å². The molecule has 0 unspecified atom stereocenters. The Morgan fingerprint density at radius 3 is 2.50 bits per heavy atom. The third-order valence-electron chi connectivity index (χ3n) is 1.49. The van der Waals surface area contributed by atoms with Gasteiger partial charge in [0.1, 0.15) is 0 Å². The first-order chi connectivity index (χ1) is 4.66. The summed E-state index contributed by atoms with van der Waals surface area (Å²) >= 11 is 0. The van der Waals surface area contributed by atoms with Gasteiger partial charge in [0, 0.05) is 12.6 Å². The van der Waals surface area contributed by atoms with Gasteiger partial charge in [0.25, 0.3) is 0 Å². The minimum absolute atomic E-state index is 0.307. The maximum absolute atomic E-state index is 5.62. The number of nitrogens with two attached hydrogens (primary N) is 1. The molecule has 1 atom stereocenters. The average Bonchev–Trinajstić information content (AvgIpc) is 1.82. The van der Waals surface area contributed by atoms with E-state index in [9.17, 15) is 0 Å². The Labute approximate surface area is 64.4 Å². The molecule has 0 radical (unpaired) electrons. The molecule has 0 aromatic heterocycles. The first kappa shape index (κ1) is 9.92. The topological polar surface area (TPSA) is 29.3 Å². The van der Waals surface area contributed by atoms with Gasteiger partial charge in [-0.3, -0.25) is 0 Å². The number of hydrogen-bond acceptors (Lipinski definition) is 2. The molecule has 0 aliphatic carbocycles. The zero-order valence-electron chi connectivity index (χ0n) is 7.43. The third kappa shape index (κ3) is 6.05. The predicted octanol–water partition coefficient (Wildman–Crippen LogP) is 1.07. The lowest BCUT2D eigenvalue weighted by Crippen LogP contribution is -2.33. The Bertz CT molecular complexity index is 71.7. The molecule has 0 bridgehead atoms. The van der Waals surface area contributed by atoms with Gasteiger partial charge in [-0.2, -0.15) is 0 Å². The molecule has 0 saturated heterocycles. The van der Waals surface area contributed by atoms with Crippen LogP contribution in [-0.2, 0) is 0 Å². The van der Waals surface area contributed by atoms with Crippen molar-refractivity contribution in [3.05, 3.63) is 0 Å². The van der Waals surface area contributed by atoms with Gasteiger partial charge < -0.3 is 10.6 Å². The fraction of sp³-hybridized carbons (Fsp3) is 1.00. The van der Waals surface area contributed by atoms with Crippen molar-refractivity contribution >= 4 is 0 Å². The summed E-state index contributed by atoms with van der Waals surface area (Å²) < 4.78 is 0. The zero-order valence-corrected chi connectivity index (χ0v) is 7.43. The summed E-state index contributed by atoms with van der Waals surface area (Å²) in [5.74, 6) is 0. The van der Waals surface area contributed by atoms with E-state index in [4.69, 9.17) is 5.73 Å². The van der Waals surface area contributed by atoms with Crippen LogP contribution >= 0.6 is 0 Å². The van der Waals surface area contributed by atoms with Crippen LogP contribution in [0.4, 0.5) is 0 Å². The van der Waals surface area contributed by atoms with Crippen LogP contribution in [0, 0.1) is 0 Å². The Morgan fingerprint density at radius 1 is 1.50 bits per heavy atom. The number of hydrogen-bond donors (Lipinski definition) is 1. The summed E-state index contributed by atoms with van der Waals surface area (Å²) in [7, 11) is 2.12. The molecule has 0 aliphatic rings. The van der Waals surface area contributed by atoms with Crippen molar-refractivity contribution in [3.8, 4) is 0 Å². The lowest BCUT2D eigenvalue weighted by Gasteiger charge is -2.17. The maximum Gasteiger partial charge on any atom is 0.0139 e. The van der Waals surface area contributed by atoms with E-state index in [2.05, 4.69) is 18.9 Å². The van der Waals surface area contributed by atoms with Gasteiger partial charge >= 0.3 is 0 Å². The summed E-state index contributed by atoms with van der Waals surface area (Å²) in [5.41, 5.74) is 5.62. The summed E-state index contributed by atoms with van der Waals surface area (Å²) in [6.45, 7) is 6.44. The average molecular weight is 144 g/mol. The SMILES string of the molecule is CCCCN(C)C[C@@H](C)N. The quantitative estimate of drug-likeness (QED) is 0.625. The number of unbranched alkanes of at least 4 members (excludes halogenated alkanes) is 1. The van der Waals surface area contributed by atoms with E-state index in [1.54, 1.807) is 0 Å². The summed E-state index contributed by atoms with van der Waals surface area (Å²) in [6.07, 6.45) is 2.55. The molecule has 10 heavy (non-hydrogen) atoms.